The minimum Gasteiger partial charge on any atom is -0.456 e. The lowest BCUT2D eigenvalue weighted by Crippen LogP contribution is -1.91. The van der Waals surface area contributed by atoms with Crippen molar-refractivity contribution in [2.45, 2.75) is 6.92 Å². The van der Waals surface area contributed by atoms with Crippen LogP contribution in [0, 0.1) is 6.92 Å². The fourth-order valence-corrected chi connectivity index (χ4v) is 20.6. The average Bonchev–Trinajstić information content (AvgIpc) is 1.09. The highest BCUT2D eigenvalue weighted by molar-refractivity contribution is 6.24. The maximum Gasteiger partial charge on any atom is 0.135 e. The molecule has 0 aliphatic carbocycles. The molecule has 0 bridgehead atoms. The Balaban J connectivity index is 0.000000104. The van der Waals surface area contributed by atoms with E-state index in [4.69, 9.17) is 13.3 Å². The molecule has 0 amide bonds. The molecule has 0 radical (unpaired) electrons. The van der Waals surface area contributed by atoms with Crippen LogP contribution >= 0.6 is 0 Å². The number of hydrogen-bond acceptors (Lipinski definition) is 3. The van der Waals surface area contributed by atoms with E-state index in [-0.39, 0.29) is 0 Å². The topological polar surface area (TPSA) is 39.4 Å². The van der Waals surface area contributed by atoms with Crippen molar-refractivity contribution >= 4 is 130 Å². The summed E-state index contributed by atoms with van der Waals surface area (Å²) in [6.45, 7) is 2.23. The van der Waals surface area contributed by atoms with Gasteiger partial charge in [0.05, 0.1) is 0 Å². The van der Waals surface area contributed by atoms with Gasteiger partial charge in [0.25, 0.3) is 0 Å². The highest BCUT2D eigenvalue weighted by atomic mass is 16.3. The molecule has 136 heavy (non-hydrogen) atoms. The minimum absolute atomic E-state index is 0.917. The van der Waals surface area contributed by atoms with Gasteiger partial charge in [-0.3, -0.25) is 0 Å². The molecule has 3 heteroatoms. The first-order chi connectivity index (χ1) is 67.4. The first-order valence-electron chi connectivity index (χ1n) is 46.6. The Morgan fingerprint density at radius 1 is 0.103 bits per heavy atom. The van der Waals surface area contributed by atoms with E-state index in [0.717, 1.165) is 55.0 Å². The third kappa shape index (κ3) is 15.2. The van der Waals surface area contributed by atoms with E-state index in [1.807, 2.05) is 48.5 Å². The smallest absolute Gasteiger partial charge is 0.135 e. The number of furan rings is 3. The fourth-order valence-electron chi connectivity index (χ4n) is 20.6. The van der Waals surface area contributed by atoms with Gasteiger partial charge >= 0.3 is 0 Å². The fraction of sp³-hybridized carbons (Fsp3) is 0.00752. The summed E-state index contributed by atoms with van der Waals surface area (Å²) in [7, 11) is 0. The maximum absolute atomic E-state index is 6.11. The molecule has 0 saturated heterocycles. The summed E-state index contributed by atoms with van der Waals surface area (Å²) in [6.07, 6.45) is 0. The monoisotopic (exact) mass is 1730 g/mol. The molecule has 27 aromatic rings. The van der Waals surface area contributed by atoms with E-state index >= 15 is 0 Å². The quantitative estimate of drug-likeness (QED) is 0.121. The molecular weight excluding hydrogens is 1650 g/mol. The van der Waals surface area contributed by atoms with Crippen LogP contribution < -0.4 is 0 Å². The van der Waals surface area contributed by atoms with Gasteiger partial charge in [0.15, 0.2) is 0 Å². The molecule has 3 nitrogen and oxygen atoms in total. The van der Waals surface area contributed by atoms with Crippen molar-refractivity contribution in [3.63, 3.8) is 0 Å². The lowest BCUT2D eigenvalue weighted by atomic mass is 9.85. The van der Waals surface area contributed by atoms with Crippen molar-refractivity contribution in [3.05, 3.63) is 521 Å². The van der Waals surface area contributed by atoms with Crippen LogP contribution in [0.25, 0.3) is 253 Å². The van der Waals surface area contributed by atoms with E-state index in [2.05, 4.69) is 474 Å². The van der Waals surface area contributed by atoms with Crippen LogP contribution in [0.4, 0.5) is 0 Å². The number of rotatable bonds is 11. The molecule has 0 unspecified atom stereocenters. The van der Waals surface area contributed by atoms with Crippen molar-refractivity contribution in [2.75, 3.05) is 0 Å². The lowest BCUT2D eigenvalue weighted by molar-refractivity contribution is 0.668. The van der Waals surface area contributed by atoms with E-state index in [0.29, 0.717) is 0 Å². The van der Waals surface area contributed by atoms with Crippen LogP contribution in [-0.4, -0.2) is 0 Å². The summed E-state index contributed by atoms with van der Waals surface area (Å²) in [5.41, 5.74) is 34.1. The third-order valence-corrected chi connectivity index (χ3v) is 27.1. The Kier molecular flexibility index (Phi) is 21.3. The second-order valence-electron chi connectivity index (χ2n) is 35.1. The molecule has 0 aliphatic rings. The summed E-state index contributed by atoms with van der Waals surface area (Å²) in [4.78, 5) is 0. The Morgan fingerprint density at radius 2 is 0.265 bits per heavy atom. The van der Waals surface area contributed by atoms with E-state index in [1.165, 1.54) is 203 Å². The molecule has 0 atom stereocenters. The average molecular weight is 1730 g/mol. The Morgan fingerprint density at radius 3 is 0.544 bits per heavy atom. The standard InChI is InChI=1S/2C44H28O.C27H20.C18H12O/c1-2-11-29(12-3-1)30-21-23-31(24-22-30)43-36-16-4-6-18-38(36)44(39-19-7-5-17-37(39)43)34-14-10-13-32(27-34)33-25-26-42-40(28-33)35-15-8-9-20-41(35)45-42;1-2-10-29(11-3-1)30-18-22-32(23-19-30)43-36-13-4-6-15-38(36)44(39-16-7-5-14-37(39)43)33-24-20-31(21-25-33)34-26-27-42-40(28-34)35-12-8-9-17-41(35)45-42;1-19-23-11-5-7-13-25(23)27(26-14-8-6-12-24(19)26)22-17-15-21(16-18-22)20-9-3-2-4-10-20;1-2-6-13(7-3-1)14-10-11-18-16(12-14)15-8-4-5-9-17(15)19-18/h2*1-28H;2-18H,1H3;1-12H. The number of benzene rings is 24. The van der Waals surface area contributed by atoms with E-state index in [1.54, 1.807) is 0 Å². The summed E-state index contributed by atoms with van der Waals surface area (Å²) in [5.74, 6) is 0. The summed E-state index contributed by atoms with van der Waals surface area (Å²) in [5, 5.41) is 22.3. The normalized spacial score (nSPS) is 11.4. The number of fused-ring (bicyclic) bond motifs is 15. The molecule has 638 valence electrons. The molecule has 24 aromatic carbocycles. The summed E-state index contributed by atoms with van der Waals surface area (Å²) in [6, 6.07) is 184. The summed E-state index contributed by atoms with van der Waals surface area (Å²) >= 11 is 0. The second-order valence-corrected chi connectivity index (χ2v) is 35.1. The van der Waals surface area contributed by atoms with E-state index in [9.17, 15) is 0 Å². The van der Waals surface area contributed by atoms with Gasteiger partial charge in [-0.1, -0.05) is 455 Å². The van der Waals surface area contributed by atoms with Gasteiger partial charge in [0, 0.05) is 32.3 Å². The second kappa shape index (κ2) is 35.5. The number of aryl methyl sites for hydroxylation is 1. The van der Waals surface area contributed by atoms with Gasteiger partial charge in [-0.15, -0.1) is 0 Å². The van der Waals surface area contributed by atoms with Crippen LogP contribution in [0.3, 0.4) is 0 Å². The molecular formula is C133H88O3. The van der Waals surface area contributed by atoms with Gasteiger partial charge in [-0.2, -0.15) is 0 Å². The largest absolute Gasteiger partial charge is 0.456 e. The highest BCUT2D eigenvalue weighted by Gasteiger charge is 2.22. The van der Waals surface area contributed by atoms with Crippen molar-refractivity contribution in [1.29, 1.82) is 0 Å². The SMILES string of the molecule is Cc1c2ccccc2c(-c2ccc(-c3ccccc3)cc2)c2ccccc12.c1ccc(-c2ccc(-c3c4ccccc4c(-c4ccc(-c5ccc6oc7ccccc7c6c5)cc4)c4ccccc34)cc2)cc1.c1ccc(-c2ccc(-c3c4ccccc4c(-c4cccc(-c5ccc6oc7ccccc7c6c5)c4)c4ccccc34)cc2)cc1.c1ccc(-c2ccc3oc4ccccc4c3c2)cc1. The predicted molar refractivity (Wildman–Crippen MR) is 577 cm³/mol. The third-order valence-electron chi connectivity index (χ3n) is 27.1. The zero-order chi connectivity index (χ0) is 90.4. The minimum atomic E-state index is 0.917. The van der Waals surface area contributed by atoms with Crippen LogP contribution in [-0.2, 0) is 0 Å². The van der Waals surface area contributed by atoms with Gasteiger partial charge in [-0.05, 0) is 260 Å². The van der Waals surface area contributed by atoms with E-state index < -0.39 is 0 Å². The zero-order valence-corrected chi connectivity index (χ0v) is 74.8. The van der Waals surface area contributed by atoms with Crippen LogP contribution in [0.15, 0.2) is 529 Å². The van der Waals surface area contributed by atoms with Crippen LogP contribution in [0.2, 0.25) is 0 Å². The Labute approximate surface area is 788 Å². The Hall–Kier alpha value is -17.8. The first kappa shape index (κ1) is 81.5. The van der Waals surface area contributed by atoms with Gasteiger partial charge in [0.2, 0.25) is 0 Å². The van der Waals surface area contributed by atoms with Crippen molar-refractivity contribution in [1.82, 2.24) is 0 Å². The predicted octanol–water partition coefficient (Wildman–Crippen LogP) is 38.0. The molecule has 0 fully saturated rings. The van der Waals surface area contributed by atoms with Gasteiger partial charge in [0.1, 0.15) is 33.5 Å². The molecule has 3 heterocycles. The van der Waals surface area contributed by atoms with Crippen molar-refractivity contribution in [3.8, 4) is 122 Å². The lowest BCUT2D eigenvalue weighted by Gasteiger charge is -2.18. The van der Waals surface area contributed by atoms with Gasteiger partial charge < -0.3 is 13.3 Å². The zero-order valence-electron chi connectivity index (χ0n) is 74.8. The molecule has 0 N–H and O–H groups in total. The van der Waals surface area contributed by atoms with Crippen LogP contribution in [0.1, 0.15) is 5.56 Å². The molecule has 0 saturated carbocycles. The molecule has 27 rings (SSSR count). The van der Waals surface area contributed by atoms with Crippen molar-refractivity contribution in [2.24, 2.45) is 0 Å². The summed E-state index contributed by atoms with van der Waals surface area (Å²) < 4.78 is 18.0. The van der Waals surface area contributed by atoms with Gasteiger partial charge in [-0.25, -0.2) is 0 Å². The van der Waals surface area contributed by atoms with Crippen molar-refractivity contribution < 1.29 is 13.3 Å². The number of para-hydroxylation sites is 3. The molecule has 0 aliphatic heterocycles. The highest BCUT2D eigenvalue weighted by Crippen LogP contribution is 2.49. The Bertz CT molecular complexity index is 9000. The first-order valence-corrected chi connectivity index (χ1v) is 46.6. The van der Waals surface area contributed by atoms with Crippen LogP contribution in [0.5, 0.6) is 0 Å². The number of hydrogen-bond donors (Lipinski definition) is 0. The molecule has 0 spiro atoms. The molecule has 3 aromatic heterocycles. The maximum atomic E-state index is 6.11.